The van der Waals surface area contributed by atoms with Crippen LogP contribution in [0.25, 0.3) is 0 Å². The average Bonchev–Trinajstić information content (AvgIpc) is 3.23. The van der Waals surface area contributed by atoms with Crippen LogP contribution in [0.3, 0.4) is 0 Å². The molecule has 1 aliphatic carbocycles. The summed E-state index contributed by atoms with van der Waals surface area (Å²) >= 11 is 0. The highest BCUT2D eigenvalue weighted by Crippen LogP contribution is 2.64. The Morgan fingerprint density at radius 2 is 2.10 bits per heavy atom. The van der Waals surface area contributed by atoms with Crippen molar-refractivity contribution in [2.75, 3.05) is 45.9 Å². The van der Waals surface area contributed by atoms with Gasteiger partial charge < -0.3 is 24.4 Å². The number of rotatable bonds is 4. The first-order valence-electron chi connectivity index (χ1n) is 14.6. The standard InChI is InChI=1S/C32H39N3O5/c1-6-17-16-35-10-9-32-23-12-21(28-18(7-2)19-8-11-40-30(36)22(19)15-33-28)26(38-4)14-24(23)34(3)29(32)25(35)13-20(17)27(32)31(37)39-5/h6-7,12,14-15,18-20,25,27-29,33H,2,8-11,13,16H2,1,3-5H3/b17-6-/t18-,19+,20+,25+,27+,28+,29+,32+/m1/s1. The molecule has 3 bridgehead atoms. The third-order valence-corrected chi connectivity index (χ3v) is 11.1. The quantitative estimate of drug-likeness (QED) is 0.455. The van der Waals surface area contributed by atoms with E-state index in [1.807, 2.05) is 12.3 Å². The fraction of sp³-hybridized carbons (Fsp3) is 0.562. The third-order valence-electron chi connectivity index (χ3n) is 11.1. The minimum absolute atomic E-state index is 0.00848. The minimum atomic E-state index is -0.356. The fourth-order valence-electron chi connectivity index (χ4n) is 9.52. The SMILES string of the molecule is C=C[C@@H]1[C@@H]2CCOC(=O)C2=CN[C@@H]1c1cc2c(cc1OC)N(C)[C@H]1[C@@H]3C[C@H]4/C(=C\C)CN3CC[C@@]21[C@@H]4C(=O)OC. The van der Waals surface area contributed by atoms with Crippen LogP contribution in [0.15, 0.2) is 48.2 Å². The normalized spacial score (nSPS) is 38.5. The van der Waals surface area contributed by atoms with Gasteiger partial charge in [0.25, 0.3) is 0 Å². The van der Waals surface area contributed by atoms with Crippen molar-refractivity contribution in [1.29, 1.82) is 0 Å². The van der Waals surface area contributed by atoms with E-state index in [1.54, 1.807) is 7.11 Å². The first kappa shape index (κ1) is 25.7. The van der Waals surface area contributed by atoms with Gasteiger partial charge in [0.05, 0.1) is 44.4 Å². The van der Waals surface area contributed by atoms with Gasteiger partial charge in [0, 0.05) is 60.4 Å². The Bertz CT molecular complexity index is 1350. The number of carbonyl (C=O) groups is 2. The number of likely N-dealkylation sites (N-methyl/N-ethyl adjacent to an activating group) is 1. The molecule has 1 aromatic carbocycles. The number of methoxy groups -OCH3 is 2. The number of carbonyl (C=O) groups excluding carboxylic acids is 2. The third kappa shape index (κ3) is 3.17. The van der Waals surface area contributed by atoms with Crippen molar-refractivity contribution in [3.05, 3.63) is 59.3 Å². The summed E-state index contributed by atoms with van der Waals surface area (Å²) < 4.78 is 16.9. The van der Waals surface area contributed by atoms with Crippen molar-refractivity contribution in [2.24, 2.45) is 23.7 Å². The van der Waals surface area contributed by atoms with E-state index in [9.17, 15) is 9.59 Å². The van der Waals surface area contributed by atoms with Crippen LogP contribution >= 0.6 is 0 Å². The number of cyclic esters (lactones) is 1. The fourth-order valence-corrected chi connectivity index (χ4v) is 9.52. The van der Waals surface area contributed by atoms with E-state index in [0.29, 0.717) is 18.2 Å². The Kier molecular flexibility index (Phi) is 5.86. The molecule has 3 saturated heterocycles. The second kappa shape index (κ2) is 9.13. The largest absolute Gasteiger partial charge is 0.496 e. The molecule has 4 fully saturated rings. The number of allylic oxidation sites excluding steroid dienone is 1. The molecule has 0 radical (unpaired) electrons. The molecule has 5 heterocycles. The summed E-state index contributed by atoms with van der Waals surface area (Å²) in [4.78, 5) is 31.3. The van der Waals surface area contributed by atoms with Gasteiger partial charge in [-0.2, -0.15) is 0 Å². The van der Waals surface area contributed by atoms with E-state index >= 15 is 0 Å². The molecule has 8 heteroatoms. The second-order valence-corrected chi connectivity index (χ2v) is 12.3. The van der Waals surface area contributed by atoms with Gasteiger partial charge in [-0.1, -0.05) is 17.7 Å². The van der Waals surface area contributed by atoms with Crippen LogP contribution in [0, 0.1) is 23.7 Å². The van der Waals surface area contributed by atoms with Gasteiger partial charge in [-0.3, -0.25) is 9.69 Å². The lowest BCUT2D eigenvalue weighted by Gasteiger charge is -2.63. The van der Waals surface area contributed by atoms with Gasteiger partial charge in [0.2, 0.25) is 0 Å². The summed E-state index contributed by atoms with van der Waals surface area (Å²) in [5.41, 5.74) is 5.08. The molecule has 1 saturated carbocycles. The van der Waals surface area contributed by atoms with Crippen LogP contribution in [0.4, 0.5) is 5.69 Å². The molecule has 0 aromatic heterocycles. The molecular weight excluding hydrogens is 506 g/mol. The summed E-state index contributed by atoms with van der Waals surface area (Å²) in [6, 6.07) is 4.92. The molecule has 0 amide bonds. The van der Waals surface area contributed by atoms with Crippen molar-refractivity contribution in [1.82, 2.24) is 10.2 Å². The summed E-state index contributed by atoms with van der Waals surface area (Å²) in [6.45, 7) is 8.59. The maximum Gasteiger partial charge on any atom is 0.335 e. The monoisotopic (exact) mass is 545 g/mol. The average molecular weight is 546 g/mol. The van der Waals surface area contributed by atoms with E-state index in [2.05, 4.69) is 53.9 Å². The maximum absolute atomic E-state index is 13.8. The van der Waals surface area contributed by atoms with E-state index in [4.69, 9.17) is 14.2 Å². The van der Waals surface area contributed by atoms with Gasteiger partial charge in [-0.05, 0) is 50.3 Å². The molecule has 8 atom stereocenters. The van der Waals surface area contributed by atoms with Crippen LogP contribution < -0.4 is 15.0 Å². The van der Waals surface area contributed by atoms with Crippen molar-refractivity contribution < 1.29 is 23.8 Å². The topological polar surface area (TPSA) is 80.3 Å². The number of esters is 2. The van der Waals surface area contributed by atoms with Gasteiger partial charge in [0.15, 0.2) is 0 Å². The van der Waals surface area contributed by atoms with Crippen LogP contribution in [0.5, 0.6) is 5.75 Å². The molecule has 1 aromatic rings. The van der Waals surface area contributed by atoms with Crippen LogP contribution in [0.1, 0.15) is 43.4 Å². The Labute approximate surface area is 236 Å². The van der Waals surface area contributed by atoms with E-state index in [-0.39, 0.29) is 53.1 Å². The van der Waals surface area contributed by atoms with Crippen LogP contribution in [-0.2, 0) is 24.5 Å². The molecule has 212 valence electrons. The lowest BCUT2D eigenvalue weighted by molar-refractivity contribution is -0.158. The summed E-state index contributed by atoms with van der Waals surface area (Å²) in [5, 5.41) is 3.52. The molecule has 1 N–H and O–H groups in total. The van der Waals surface area contributed by atoms with Gasteiger partial charge in [-0.25, -0.2) is 4.79 Å². The zero-order valence-corrected chi connectivity index (χ0v) is 23.8. The zero-order valence-electron chi connectivity index (χ0n) is 23.8. The zero-order chi connectivity index (χ0) is 27.9. The Balaban J connectivity index is 1.41. The highest BCUT2D eigenvalue weighted by molar-refractivity contribution is 5.90. The molecule has 0 spiro atoms. The lowest BCUT2D eigenvalue weighted by atomic mass is 9.50. The molecule has 7 rings (SSSR count). The summed E-state index contributed by atoms with van der Waals surface area (Å²) in [7, 11) is 5.43. The number of fused-ring (bicyclic) bond motifs is 3. The van der Waals surface area contributed by atoms with Gasteiger partial charge in [0.1, 0.15) is 5.75 Å². The van der Waals surface area contributed by atoms with Gasteiger partial charge >= 0.3 is 11.9 Å². The molecule has 8 nitrogen and oxygen atoms in total. The molecular formula is C32H39N3O5. The number of hydrogen-bond donors (Lipinski definition) is 1. The minimum Gasteiger partial charge on any atom is -0.496 e. The first-order valence-corrected chi connectivity index (χ1v) is 14.6. The molecule has 5 aliphatic heterocycles. The smallest absolute Gasteiger partial charge is 0.335 e. The number of benzene rings is 1. The first-order chi connectivity index (χ1) is 19.4. The Morgan fingerprint density at radius 3 is 2.83 bits per heavy atom. The highest BCUT2D eigenvalue weighted by Gasteiger charge is 2.68. The number of anilines is 1. The molecule has 6 aliphatic rings. The predicted octanol–water partition coefficient (Wildman–Crippen LogP) is 3.49. The summed E-state index contributed by atoms with van der Waals surface area (Å²) in [6.07, 6.45) is 8.67. The van der Waals surface area contributed by atoms with Gasteiger partial charge in [-0.15, -0.1) is 6.58 Å². The molecule has 0 unspecified atom stereocenters. The number of hydrogen-bond acceptors (Lipinski definition) is 8. The van der Waals surface area contributed by atoms with Crippen molar-refractivity contribution in [3.63, 3.8) is 0 Å². The number of nitrogens with one attached hydrogen (secondary N) is 1. The molecule has 40 heavy (non-hydrogen) atoms. The highest BCUT2D eigenvalue weighted by atomic mass is 16.5. The van der Waals surface area contributed by atoms with Crippen molar-refractivity contribution >= 4 is 17.6 Å². The van der Waals surface area contributed by atoms with Crippen LogP contribution in [-0.4, -0.2) is 69.9 Å². The van der Waals surface area contributed by atoms with Crippen molar-refractivity contribution in [2.45, 2.75) is 49.7 Å². The summed E-state index contributed by atoms with van der Waals surface area (Å²) in [5.74, 6) is 0.412. The Hall–Kier alpha value is -3.26. The Morgan fingerprint density at radius 1 is 1.27 bits per heavy atom. The lowest BCUT2D eigenvalue weighted by Crippen LogP contribution is -2.72. The predicted molar refractivity (Wildman–Crippen MR) is 151 cm³/mol. The van der Waals surface area contributed by atoms with Crippen molar-refractivity contribution in [3.8, 4) is 5.75 Å². The number of piperidine rings is 2. The maximum atomic E-state index is 13.8. The second-order valence-electron chi connectivity index (χ2n) is 12.3. The number of nitrogens with zero attached hydrogens (tertiary/aromatic N) is 2. The van der Waals surface area contributed by atoms with Crippen LogP contribution in [0.2, 0.25) is 0 Å². The number of ether oxygens (including phenoxy) is 3. The van der Waals surface area contributed by atoms with E-state index in [0.717, 1.165) is 49.4 Å². The van der Waals surface area contributed by atoms with E-state index in [1.165, 1.54) is 18.2 Å². The van der Waals surface area contributed by atoms with E-state index < -0.39 is 0 Å².